The van der Waals surface area contributed by atoms with Gasteiger partial charge in [-0.05, 0) is 42.7 Å². The Morgan fingerprint density at radius 3 is 2.60 bits per heavy atom. The van der Waals surface area contributed by atoms with Crippen LogP contribution in [0.3, 0.4) is 0 Å². The minimum atomic E-state index is 0. The van der Waals surface area contributed by atoms with Crippen LogP contribution >= 0.6 is 24.0 Å². The summed E-state index contributed by atoms with van der Waals surface area (Å²) >= 11 is 0. The Balaban J connectivity index is 0.00000450. The van der Waals surface area contributed by atoms with Gasteiger partial charge in [0.05, 0.1) is 19.8 Å². The lowest BCUT2D eigenvalue weighted by Crippen LogP contribution is -2.40. The summed E-state index contributed by atoms with van der Waals surface area (Å²) in [7, 11) is 0. The molecule has 1 aromatic rings. The lowest BCUT2D eigenvalue weighted by Gasteiger charge is -2.26. The van der Waals surface area contributed by atoms with E-state index in [0.29, 0.717) is 18.4 Å². The Hall–Kier alpha value is -0.900. The summed E-state index contributed by atoms with van der Waals surface area (Å²) in [6.45, 7) is 13.7. The van der Waals surface area contributed by atoms with Crippen LogP contribution in [0.1, 0.15) is 44.7 Å². The molecule has 30 heavy (non-hydrogen) atoms. The number of rotatable bonds is 11. The fourth-order valence-electron chi connectivity index (χ4n) is 3.75. The van der Waals surface area contributed by atoms with E-state index in [1.807, 2.05) is 0 Å². The van der Waals surface area contributed by atoms with Crippen LogP contribution in [0.25, 0.3) is 0 Å². The number of nitrogens with zero attached hydrogens (tertiary/aromatic N) is 2. The summed E-state index contributed by atoms with van der Waals surface area (Å²) in [6.07, 6.45) is 1.94. The second-order valence-corrected chi connectivity index (χ2v) is 8.29. The normalized spacial score (nSPS) is 16.2. The highest BCUT2D eigenvalue weighted by atomic mass is 127. The Morgan fingerprint density at radius 1 is 1.20 bits per heavy atom. The van der Waals surface area contributed by atoms with Gasteiger partial charge in [-0.25, -0.2) is 4.99 Å². The molecule has 1 saturated heterocycles. The van der Waals surface area contributed by atoms with Crippen molar-refractivity contribution in [3.63, 3.8) is 0 Å². The van der Waals surface area contributed by atoms with E-state index in [1.54, 1.807) is 0 Å². The molecule has 0 bridgehead atoms. The molecule has 2 rings (SSSR count). The summed E-state index contributed by atoms with van der Waals surface area (Å²) in [4.78, 5) is 7.22. The summed E-state index contributed by atoms with van der Waals surface area (Å²) in [5.41, 5.74) is 2.56. The molecule has 1 atom stereocenters. The molecule has 1 aliphatic rings. The molecule has 0 aromatic heterocycles. The average Bonchev–Trinajstić information content (AvgIpc) is 2.71. The molecule has 1 unspecified atom stereocenters. The van der Waals surface area contributed by atoms with Crippen molar-refractivity contribution >= 4 is 29.9 Å². The van der Waals surface area contributed by atoms with Gasteiger partial charge in [-0.15, -0.1) is 24.0 Å². The third-order valence-electron chi connectivity index (χ3n) is 5.17. The highest BCUT2D eigenvalue weighted by molar-refractivity contribution is 14.0. The minimum Gasteiger partial charge on any atom is -0.396 e. The second kappa shape index (κ2) is 15.8. The molecule has 172 valence electrons. The van der Waals surface area contributed by atoms with Crippen LogP contribution in [0, 0.1) is 11.8 Å². The third kappa shape index (κ3) is 10.9. The molecule has 3 N–H and O–H groups in total. The molecule has 6 nitrogen and oxygen atoms in total. The zero-order valence-corrected chi connectivity index (χ0v) is 21.2. The highest BCUT2D eigenvalue weighted by Gasteiger charge is 2.12. The van der Waals surface area contributed by atoms with Crippen molar-refractivity contribution in [2.45, 2.75) is 46.7 Å². The number of halogens is 1. The molecule has 0 spiro atoms. The number of aliphatic hydroxyl groups excluding tert-OH is 1. The first-order valence-corrected chi connectivity index (χ1v) is 11.1. The van der Waals surface area contributed by atoms with Gasteiger partial charge < -0.3 is 20.5 Å². The van der Waals surface area contributed by atoms with Crippen LogP contribution in [0.5, 0.6) is 0 Å². The first kappa shape index (κ1) is 27.1. The quantitative estimate of drug-likeness (QED) is 0.232. The maximum absolute atomic E-state index is 9.33. The van der Waals surface area contributed by atoms with E-state index in [2.05, 4.69) is 60.6 Å². The van der Waals surface area contributed by atoms with Gasteiger partial charge in [0.15, 0.2) is 5.96 Å². The highest BCUT2D eigenvalue weighted by Crippen LogP contribution is 2.14. The number of hydrogen-bond acceptors (Lipinski definition) is 4. The van der Waals surface area contributed by atoms with Crippen molar-refractivity contribution in [1.82, 2.24) is 15.5 Å². The van der Waals surface area contributed by atoms with Gasteiger partial charge in [-0.1, -0.05) is 38.1 Å². The van der Waals surface area contributed by atoms with Crippen LogP contribution < -0.4 is 10.6 Å². The SMILES string of the molecule is CCNC(=NCc1cccc(CN2CCOCC2)c1)NCC(CCO)CC(C)C.I. The molecular formula is C23H41IN4O2. The number of benzene rings is 1. The number of aliphatic imine (C=N–C) groups is 1. The van der Waals surface area contributed by atoms with Crippen molar-refractivity contribution in [2.24, 2.45) is 16.8 Å². The van der Waals surface area contributed by atoms with Gasteiger partial charge >= 0.3 is 0 Å². The van der Waals surface area contributed by atoms with E-state index in [4.69, 9.17) is 9.73 Å². The van der Waals surface area contributed by atoms with Gasteiger partial charge in [0.25, 0.3) is 0 Å². The molecule has 1 aromatic carbocycles. The number of aliphatic hydroxyl groups is 1. The molecule has 0 radical (unpaired) electrons. The molecule has 1 aliphatic heterocycles. The van der Waals surface area contributed by atoms with Crippen molar-refractivity contribution in [3.05, 3.63) is 35.4 Å². The second-order valence-electron chi connectivity index (χ2n) is 8.29. The van der Waals surface area contributed by atoms with E-state index in [1.165, 1.54) is 11.1 Å². The Labute approximate surface area is 199 Å². The molecule has 0 saturated carbocycles. The molecule has 1 fully saturated rings. The molecular weight excluding hydrogens is 491 g/mol. The lowest BCUT2D eigenvalue weighted by atomic mass is 9.94. The Kier molecular flexibility index (Phi) is 14.3. The van der Waals surface area contributed by atoms with Crippen LogP contribution in [-0.2, 0) is 17.8 Å². The van der Waals surface area contributed by atoms with Gasteiger partial charge in [-0.3, -0.25) is 4.90 Å². The molecule has 0 aliphatic carbocycles. The largest absolute Gasteiger partial charge is 0.396 e. The summed E-state index contributed by atoms with van der Waals surface area (Å²) < 4.78 is 5.44. The fourth-order valence-corrected chi connectivity index (χ4v) is 3.75. The number of ether oxygens (including phenoxy) is 1. The average molecular weight is 533 g/mol. The minimum absolute atomic E-state index is 0. The summed E-state index contributed by atoms with van der Waals surface area (Å²) in [6, 6.07) is 8.72. The summed E-state index contributed by atoms with van der Waals surface area (Å²) in [5, 5.41) is 16.1. The topological polar surface area (TPSA) is 69.1 Å². The van der Waals surface area contributed by atoms with Crippen LogP contribution in [-0.4, -0.2) is 62.0 Å². The van der Waals surface area contributed by atoms with Crippen LogP contribution in [0.4, 0.5) is 0 Å². The van der Waals surface area contributed by atoms with Crippen LogP contribution in [0.2, 0.25) is 0 Å². The molecule has 0 amide bonds. The molecule has 1 heterocycles. The van der Waals surface area contributed by atoms with Gasteiger partial charge in [0.2, 0.25) is 0 Å². The Bertz CT molecular complexity index is 607. The standard InChI is InChI=1S/C23H40N4O2.HI/c1-4-24-23(26-17-21(8-11-28)14-19(2)3)25-16-20-6-5-7-22(15-20)18-27-9-12-29-13-10-27;/h5-7,15,19,21,28H,4,8-14,16-18H2,1-3H3,(H2,24,25,26);1H. The number of hydrogen-bond donors (Lipinski definition) is 3. The van der Waals surface area contributed by atoms with E-state index in [0.717, 1.165) is 64.7 Å². The number of guanidine groups is 1. The predicted molar refractivity (Wildman–Crippen MR) is 135 cm³/mol. The van der Waals surface area contributed by atoms with Crippen LogP contribution in [0.15, 0.2) is 29.3 Å². The molecule has 7 heteroatoms. The van der Waals surface area contributed by atoms with E-state index < -0.39 is 0 Å². The first-order valence-electron chi connectivity index (χ1n) is 11.1. The maximum Gasteiger partial charge on any atom is 0.191 e. The maximum atomic E-state index is 9.33. The van der Waals surface area contributed by atoms with Gasteiger partial charge in [-0.2, -0.15) is 0 Å². The zero-order chi connectivity index (χ0) is 20.9. The van der Waals surface area contributed by atoms with Gasteiger partial charge in [0, 0.05) is 39.3 Å². The first-order chi connectivity index (χ1) is 14.1. The smallest absolute Gasteiger partial charge is 0.191 e. The van der Waals surface area contributed by atoms with Crippen molar-refractivity contribution < 1.29 is 9.84 Å². The summed E-state index contributed by atoms with van der Waals surface area (Å²) in [5.74, 6) is 1.93. The fraction of sp³-hybridized carbons (Fsp3) is 0.696. The van der Waals surface area contributed by atoms with Crippen molar-refractivity contribution in [3.8, 4) is 0 Å². The lowest BCUT2D eigenvalue weighted by molar-refractivity contribution is 0.0342. The third-order valence-corrected chi connectivity index (χ3v) is 5.17. The monoisotopic (exact) mass is 532 g/mol. The number of morpholine rings is 1. The van der Waals surface area contributed by atoms with E-state index >= 15 is 0 Å². The van der Waals surface area contributed by atoms with E-state index in [9.17, 15) is 5.11 Å². The Morgan fingerprint density at radius 2 is 1.93 bits per heavy atom. The van der Waals surface area contributed by atoms with Gasteiger partial charge in [0.1, 0.15) is 0 Å². The number of nitrogens with one attached hydrogen (secondary N) is 2. The zero-order valence-electron chi connectivity index (χ0n) is 18.9. The van der Waals surface area contributed by atoms with Crippen molar-refractivity contribution in [2.75, 3.05) is 46.0 Å². The van der Waals surface area contributed by atoms with E-state index in [-0.39, 0.29) is 30.6 Å². The van der Waals surface area contributed by atoms with Crippen molar-refractivity contribution in [1.29, 1.82) is 0 Å². The predicted octanol–water partition coefficient (Wildman–Crippen LogP) is 3.24.